The van der Waals surface area contributed by atoms with Gasteiger partial charge >= 0.3 is 25.0 Å². The molecule has 3 aliphatic heterocycles. The van der Waals surface area contributed by atoms with E-state index < -0.39 is 29.3 Å². The van der Waals surface area contributed by atoms with E-state index in [-0.39, 0.29) is 42.6 Å². The Morgan fingerprint density at radius 2 is 1.81 bits per heavy atom. The van der Waals surface area contributed by atoms with Crippen LogP contribution in [-0.4, -0.2) is 79.8 Å². The molecule has 0 radical (unpaired) electrons. The third-order valence-electron chi connectivity index (χ3n) is 9.15. The fourth-order valence-corrected chi connectivity index (χ4v) is 7.37. The monoisotopic (exact) mass is 664 g/mol. The summed E-state index contributed by atoms with van der Waals surface area (Å²) in [4.78, 5) is 52.1. The number of aryl methyl sites for hydroxylation is 1. The number of thiazole rings is 1. The van der Waals surface area contributed by atoms with Crippen molar-refractivity contribution in [3.63, 3.8) is 0 Å². The van der Waals surface area contributed by atoms with Crippen LogP contribution < -0.4 is 5.32 Å². The number of carbonyl (C=O) groups excluding carboxylic acids is 3. The summed E-state index contributed by atoms with van der Waals surface area (Å²) < 4.78 is 23.3. The van der Waals surface area contributed by atoms with Crippen molar-refractivity contribution in [3.8, 4) is 11.1 Å². The minimum atomic E-state index is -1.03. The van der Waals surface area contributed by atoms with Crippen LogP contribution in [0.4, 0.5) is 14.3 Å². The molecule has 1 unspecified atom stereocenters. The van der Waals surface area contributed by atoms with Crippen LogP contribution >= 0.6 is 11.3 Å². The summed E-state index contributed by atoms with van der Waals surface area (Å²) in [5.41, 5.74) is 3.98. The van der Waals surface area contributed by atoms with Crippen molar-refractivity contribution in [2.75, 3.05) is 18.4 Å². The summed E-state index contributed by atoms with van der Waals surface area (Å²) in [6.07, 6.45) is 6.37. The maximum absolute atomic E-state index is 15.7. The third-order valence-corrected chi connectivity index (χ3v) is 9.84. The Kier molecular flexibility index (Phi) is 9.53. The molecule has 4 aromatic rings. The summed E-state index contributed by atoms with van der Waals surface area (Å²) in [5, 5.41) is 5.01. The van der Waals surface area contributed by atoms with Crippen LogP contribution in [0.1, 0.15) is 84.9 Å². The van der Waals surface area contributed by atoms with Gasteiger partial charge in [0.1, 0.15) is 11.4 Å². The predicted octanol–water partition coefficient (Wildman–Crippen LogP) is 5.89. The van der Waals surface area contributed by atoms with E-state index in [1.807, 2.05) is 49.6 Å². The molecule has 3 amide bonds. The van der Waals surface area contributed by atoms with Crippen LogP contribution in [-0.2, 0) is 29.0 Å². The summed E-state index contributed by atoms with van der Waals surface area (Å²) in [7, 11) is 0. The van der Waals surface area contributed by atoms with Crippen molar-refractivity contribution < 1.29 is 23.5 Å². The quantitative estimate of drug-likeness (QED) is 0.258. The molecule has 1 atom stereocenters. The first kappa shape index (κ1) is 33.9. The normalized spacial score (nSPS) is 16.7. The fourth-order valence-electron chi connectivity index (χ4n) is 6.83. The van der Waals surface area contributed by atoms with Crippen LogP contribution in [0.2, 0.25) is 0 Å². The zero-order valence-electron chi connectivity index (χ0n) is 26.7. The van der Waals surface area contributed by atoms with E-state index in [0.29, 0.717) is 35.4 Å². The molecular formula is C35H38FLiN6O4S. The van der Waals surface area contributed by atoms with Gasteiger partial charge in [-0.1, -0.05) is 24.3 Å². The van der Waals surface area contributed by atoms with Gasteiger partial charge in [-0.3, -0.25) is 14.9 Å². The molecule has 1 N–H and O–H groups in total. The Morgan fingerprint density at radius 3 is 2.50 bits per heavy atom. The zero-order valence-corrected chi connectivity index (χ0v) is 27.5. The molecule has 0 spiro atoms. The van der Waals surface area contributed by atoms with E-state index in [9.17, 15) is 14.4 Å². The Balaban J connectivity index is 0.00000401. The summed E-state index contributed by atoms with van der Waals surface area (Å²) in [6.45, 7) is 7.62. The number of hydrogen-bond donors (Lipinski definition) is 1. The Morgan fingerprint density at radius 1 is 1.06 bits per heavy atom. The van der Waals surface area contributed by atoms with Crippen molar-refractivity contribution >= 4 is 53.2 Å². The van der Waals surface area contributed by atoms with Crippen LogP contribution in [0.5, 0.6) is 0 Å². The summed E-state index contributed by atoms with van der Waals surface area (Å²) in [6, 6.07) is 10.1. The molecule has 13 heteroatoms. The molecule has 246 valence electrons. The predicted molar refractivity (Wildman–Crippen MR) is 183 cm³/mol. The number of fused-ring (bicyclic) bond motifs is 2. The number of benzene rings is 2. The van der Waals surface area contributed by atoms with E-state index >= 15 is 4.39 Å². The number of amides is 3. The first-order valence-electron chi connectivity index (χ1n) is 16.0. The molecule has 2 aromatic heterocycles. The number of halogens is 1. The molecular weight excluding hydrogens is 626 g/mol. The van der Waals surface area contributed by atoms with E-state index in [1.165, 1.54) is 22.3 Å². The number of likely N-dealkylation sites (tertiary alicyclic amines) is 1. The van der Waals surface area contributed by atoms with Crippen LogP contribution in [0.25, 0.3) is 11.1 Å². The Bertz CT molecular complexity index is 1830. The maximum atomic E-state index is 15.7. The third kappa shape index (κ3) is 6.66. The van der Waals surface area contributed by atoms with Crippen LogP contribution in [0.3, 0.4) is 0 Å². The van der Waals surface area contributed by atoms with Gasteiger partial charge in [0.2, 0.25) is 0 Å². The first-order chi connectivity index (χ1) is 22.6. The molecule has 1 fully saturated rings. The van der Waals surface area contributed by atoms with Crippen LogP contribution in [0.15, 0.2) is 54.3 Å². The minimum absolute atomic E-state index is 0. The SMILES string of the molecule is CC(C)(C)OC(=O)N1CCC(c2ccc(-c3cc(F)c4c(c3)C(=O)N(C(C(=O)Nc3nccs3)c3ncn5c3CCC5)C4)cc2)CC1.[LiH]. The van der Waals surface area contributed by atoms with E-state index in [1.54, 1.807) is 28.9 Å². The standard InChI is InChI=1S/C35H37FN6O4S.Li.H/c1-35(2,3)46-34(45)40-14-10-23(11-15-40)21-6-8-22(9-7-21)24-17-25-26(27(36)18-24)19-42(32(25)44)30(31(43)39-33-37-12-16-47-33)29-28-5-4-13-41(28)20-38-29;;/h6-9,12,16-18,20,23,30H,4-5,10-11,13-15,19H2,1-3H3,(H,37,39,43);;. The van der Waals surface area contributed by atoms with Gasteiger partial charge in [-0.05, 0) is 81.2 Å². The van der Waals surface area contributed by atoms with Crippen molar-refractivity contribution in [1.82, 2.24) is 24.3 Å². The number of ether oxygens (including phenoxy) is 1. The molecule has 1 saturated heterocycles. The number of carbonyl (C=O) groups is 3. The van der Waals surface area contributed by atoms with Crippen molar-refractivity contribution in [1.29, 1.82) is 0 Å². The van der Waals surface area contributed by atoms with Gasteiger partial charge in [0.15, 0.2) is 11.2 Å². The summed E-state index contributed by atoms with van der Waals surface area (Å²) in [5.74, 6) is -1.02. The number of hydrogen-bond acceptors (Lipinski definition) is 7. The molecule has 0 aliphatic carbocycles. The number of nitrogens with one attached hydrogen (secondary N) is 1. The van der Waals surface area contributed by atoms with E-state index in [2.05, 4.69) is 15.3 Å². The molecule has 2 aromatic carbocycles. The van der Waals surface area contributed by atoms with E-state index in [0.717, 1.165) is 49.0 Å². The molecule has 5 heterocycles. The van der Waals surface area contributed by atoms with Gasteiger partial charge in [-0.2, -0.15) is 0 Å². The van der Waals surface area contributed by atoms with Gasteiger partial charge in [-0.15, -0.1) is 11.3 Å². The molecule has 3 aliphatic rings. The van der Waals surface area contributed by atoms with Gasteiger partial charge in [0.05, 0.1) is 18.6 Å². The molecule has 0 bridgehead atoms. The zero-order chi connectivity index (χ0) is 32.9. The number of aromatic nitrogens is 3. The van der Waals surface area contributed by atoms with Crippen molar-refractivity contribution in [3.05, 3.63) is 88.2 Å². The Hall–Kier alpha value is -3.98. The second kappa shape index (κ2) is 13.5. The average Bonchev–Trinajstić information content (AvgIpc) is 3.85. The van der Waals surface area contributed by atoms with E-state index in [4.69, 9.17) is 4.74 Å². The molecule has 48 heavy (non-hydrogen) atoms. The van der Waals surface area contributed by atoms with Crippen LogP contribution in [0, 0.1) is 5.82 Å². The number of imidazole rings is 1. The molecule has 10 nitrogen and oxygen atoms in total. The number of rotatable bonds is 6. The second-order valence-corrected chi connectivity index (χ2v) is 14.3. The fraction of sp³-hybridized carbons (Fsp3) is 0.400. The number of anilines is 1. The number of piperidine rings is 1. The first-order valence-corrected chi connectivity index (χ1v) is 16.9. The van der Waals surface area contributed by atoms with Crippen molar-refractivity contribution in [2.24, 2.45) is 0 Å². The van der Waals surface area contributed by atoms with Gasteiger partial charge in [0, 0.05) is 48.0 Å². The second-order valence-electron chi connectivity index (χ2n) is 13.4. The number of nitrogens with zero attached hydrogens (tertiary/aromatic N) is 5. The summed E-state index contributed by atoms with van der Waals surface area (Å²) >= 11 is 1.28. The van der Waals surface area contributed by atoms with Gasteiger partial charge in [-0.25, -0.2) is 19.2 Å². The molecule has 7 rings (SSSR count). The Labute approximate surface area is 294 Å². The van der Waals surface area contributed by atoms with Gasteiger partial charge < -0.3 is 19.1 Å². The average molecular weight is 665 g/mol. The molecule has 0 saturated carbocycles. The topological polar surface area (TPSA) is 110 Å². The van der Waals surface area contributed by atoms with Gasteiger partial charge in [0.25, 0.3) is 11.8 Å². The van der Waals surface area contributed by atoms with Crippen molar-refractivity contribution in [2.45, 2.75) is 77.1 Å².